The zero-order valence-corrected chi connectivity index (χ0v) is 10.3. The number of methoxy groups -OCH3 is 1. The van der Waals surface area contributed by atoms with Crippen LogP contribution >= 0.6 is 0 Å². The lowest BCUT2D eigenvalue weighted by Crippen LogP contribution is -2.21. The van der Waals surface area contributed by atoms with E-state index in [4.69, 9.17) is 4.74 Å². The molecule has 0 aromatic heterocycles. The van der Waals surface area contributed by atoms with Crippen LogP contribution in [0.5, 0.6) is 5.75 Å². The van der Waals surface area contributed by atoms with Crippen molar-refractivity contribution in [2.75, 3.05) is 13.7 Å². The van der Waals surface area contributed by atoms with E-state index < -0.39 is 0 Å². The molecule has 1 atom stereocenters. The van der Waals surface area contributed by atoms with Crippen LogP contribution in [0.4, 0.5) is 0 Å². The van der Waals surface area contributed by atoms with E-state index in [2.05, 4.69) is 30.4 Å². The smallest absolute Gasteiger partial charge is 0.119 e. The zero-order chi connectivity index (χ0) is 11.4. The monoisotopic (exact) mass is 219 g/mol. The van der Waals surface area contributed by atoms with E-state index >= 15 is 0 Å². The lowest BCUT2D eigenvalue weighted by molar-refractivity contribution is 0.413. The molecule has 2 heteroatoms. The van der Waals surface area contributed by atoms with Crippen LogP contribution in [-0.2, 0) is 0 Å². The summed E-state index contributed by atoms with van der Waals surface area (Å²) in [6.07, 6.45) is 5.26. The first-order chi connectivity index (χ1) is 7.81. The van der Waals surface area contributed by atoms with Gasteiger partial charge in [-0.2, -0.15) is 0 Å². The van der Waals surface area contributed by atoms with Gasteiger partial charge in [-0.3, -0.25) is 0 Å². The second-order valence-electron chi connectivity index (χ2n) is 4.58. The molecule has 0 spiro atoms. The Bertz CT molecular complexity index is 341. The minimum atomic E-state index is 0.536. The van der Waals surface area contributed by atoms with Crippen molar-refractivity contribution in [2.45, 2.75) is 38.6 Å². The second kappa shape index (κ2) is 5.35. The molecule has 0 unspecified atom stereocenters. The van der Waals surface area contributed by atoms with E-state index in [1.165, 1.54) is 36.8 Å². The Kier molecular flexibility index (Phi) is 3.83. The minimum absolute atomic E-state index is 0.536. The SMILES string of the molecule is COc1ccc([C@H]2CCCCCN2)c(C)c1. The summed E-state index contributed by atoms with van der Waals surface area (Å²) in [5, 5.41) is 3.64. The Hall–Kier alpha value is -1.02. The predicted octanol–water partition coefficient (Wildman–Crippen LogP) is 3.21. The van der Waals surface area contributed by atoms with Crippen molar-refractivity contribution >= 4 is 0 Å². The molecule has 1 saturated heterocycles. The van der Waals surface area contributed by atoms with Crippen LogP contribution in [0.2, 0.25) is 0 Å². The molecule has 16 heavy (non-hydrogen) atoms. The van der Waals surface area contributed by atoms with Gasteiger partial charge in [0.15, 0.2) is 0 Å². The van der Waals surface area contributed by atoms with Gasteiger partial charge >= 0.3 is 0 Å². The van der Waals surface area contributed by atoms with Crippen molar-refractivity contribution in [1.29, 1.82) is 0 Å². The fraction of sp³-hybridized carbons (Fsp3) is 0.571. The Balaban J connectivity index is 2.18. The topological polar surface area (TPSA) is 21.3 Å². The van der Waals surface area contributed by atoms with Crippen LogP contribution in [0.3, 0.4) is 0 Å². The zero-order valence-electron chi connectivity index (χ0n) is 10.3. The largest absolute Gasteiger partial charge is 0.497 e. The summed E-state index contributed by atoms with van der Waals surface area (Å²) >= 11 is 0. The Morgan fingerprint density at radius 3 is 2.88 bits per heavy atom. The maximum absolute atomic E-state index is 5.24. The van der Waals surface area contributed by atoms with Crippen molar-refractivity contribution in [2.24, 2.45) is 0 Å². The van der Waals surface area contributed by atoms with Crippen LogP contribution in [0.1, 0.15) is 42.9 Å². The summed E-state index contributed by atoms with van der Waals surface area (Å²) in [7, 11) is 1.72. The van der Waals surface area contributed by atoms with E-state index in [-0.39, 0.29) is 0 Å². The first kappa shape index (κ1) is 11.5. The van der Waals surface area contributed by atoms with Gasteiger partial charge < -0.3 is 10.1 Å². The molecule has 0 amide bonds. The van der Waals surface area contributed by atoms with Crippen LogP contribution in [0.25, 0.3) is 0 Å². The normalized spacial score (nSPS) is 21.5. The first-order valence-corrected chi connectivity index (χ1v) is 6.19. The minimum Gasteiger partial charge on any atom is -0.497 e. The van der Waals surface area contributed by atoms with Gasteiger partial charge in [0.1, 0.15) is 5.75 Å². The van der Waals surface area contributed by atoms with Gasteiger partial charge in [-0.1, -0.05) is 18.9 Å². The molecule has 0 saturated carbocycles. The standard InChI is InChI=1S/C14H21NO/c1-11-10-12(16-2)7-8-13(11)14-6-4-3-5-9-15-14/h7-8,10,14-15H,3-6,9H2,1-2H3/t14-/m1/s1. The van der Waals surface area contributed by atoms with Crippen molar-refractivity contribution in [3.05, 3.63) is 29.3 Å². The maximum atomic E-state index is 5.24. The predicted molar refractivity (Wildman–Crippen MR) is 66.9 cm³/mol. The van der Waals surface area contributed by atoms with Crippen LogP contribution in [-0.4, -0.2) is 13.7 Å². The van der Waals surface area contributed by atoms with Gasteiger partial charge in [-0.15, -0.1) is 0 Å². The highest BCUT2D eigenvalue weighted by molar-refractivity contribution is 5.36. The average Bonchev–Trinajstić information content (AvgIpc) is 2.57. The molecule has 0 bridgehead atoms. The highest BCUT2D eigenvalue weighted by Crippen LogP contribution is 2.27. The number of rotatable bonds is 2. The molecule has 1 N–H and O–H groups in total. The molecule has 1 aliphatic heterocycles. The molecule has 1 aliphatic rings. The van der Waals surface area contributed by atoms with Gasteiger partial charge in [0, 0.05) is 6.04 Å². The van der Waals surface area contributed by atoms with Crippen molar-refractivity contribution < 1.29 is 4.74 Å². The summed E-state index contributed by atoms with van der Waals surface area (Å²) < 4.78 is 5.24. The fourth-order valence-electron chi connectivity index (χ4n) is 2.46. The van der Waals surface area contributed by atoms with Crippen LogP contribution in [0, 0.1) is 6.92 Å². The van der Waals surface area contributed by atoms with E-state index in [1.54, 1.807) is 7.11 Å². The maximum Gasteiger partial charge on any atom is 0.119 e. The van der Waals surface area contributed by atoms with Gasteiger partial charge in [-0.25, -0.2) is 0 Å². The third-order valence-electron chi connectivity index (χ3n) is 3.41. The molecule has 1 aromatic rings. The average molecular weight is 219 g/mol. The van der Waals surface area contributed by atoms with Crippen LogP contribution < -0.4 is 10.1 Å². The Morgan fingerprint density at radius 1 is 1.25 bits per heavy atom. The Morgan fingerprint density at radius 2 is 2.12 bits per heavy atom. The number of aryl methyl sites for hydroxylation is 1. The fourth-order valence-corrected chi connectivity index (χ4v) is 2.46. The molecule has 1 heterocycles. The first-order valence-electron chi connectivity index (χ1n) is 6.19. The molecule has 1 aromatic carbocycles. The van der Waals surface area contributed by atoms with Gasteiger partial charge in [0.05, 0.1) is 7.11 Å². The van der Waals surface area contributed by atoms with E-state index in [0.29, 0.717) is 6.04 Å². The van der Waals surface area contributed by atoms with Gasteiger partial charge in [-0.05, 0) is 49.6 Å². The summed E-state index contributed by atoms with van der Waals surface area (Å²) in [5.74, 6) is 0.954. The third-order valence-corrected chi connectivity index (χ3v) is 3.41. The lowest BCUT2D eigenvalue weighted by atomic mass is 9.97. The van der Waals surface area contributed by atoms with E-state index in [0.717, 1.165) is 12.3 Å². The summed E-state index contributed by atoms with van der Waals surface area (Å²) in [6.45, 7) is 3.32. The van der Waals surface area contributed by atoms with Gasteiger partial charge in [0.25, 0.3) is 0 Å². The molecule has 88 valence electrons. The number of nitrogens with one attached hydrogen (secondary N) is 1. The summed E-state index contributed by atoms with van der Waals surface area (Å²) in [6, 6.07) is 6.93. The third kappa shape index (κ3) is 2.56. The molecular formula is C14H21NO. The van der Waals surface area contributed by atoms with Gasteiger partial charge in [0.2, 0.25) is 0 Å². The molecular weight excluding hydrogens is 198 g/mol. The van der Waals surface area contributed by atoms with Crippen molar-refractivity contribution in [3.8, 4) is 5.75 Å². The van der Waals surface area contributed by atoms with Crippen molar-refractivity contribution in [1.82, 2.24) is 5.32 Å². The Labute approximate surface area is 98.0 Å². The second-order valence-corrected chi connectivity index (χ2v) is 4.58. The van der Waals surface area contributed by atoms with E-state index in [1.807, 2.05) is 0 Å². The quantitative estimate of drug-likeness (QED) is 0.824. The number of hydrogen-bond donors (Lipinski definition) is 1. The van der Waals surface area contributed by atoms with Crippen molar-refractivity contribution in [3.63, 3.8) is 0 Å². The summed E-state index contributed by atoms with van der Waals surface area (Å²) in [4.78, 5) is 0. The molecule has 0 radical (unpaired) electrons. The molecule has 2 nitrogen and oxygen atoms in total. The van der Waals surface area contributed by atoms with E-state index in [9.17, 15) is 0 Å². The highest BCUT2D eigenvalue weighted by atomic mass is 16.5. The molecule has 2 rings (SSSR count). The summed E-state index contributed by atoms with van der Waals surface area (Å²) in [5.41, 5.74) is 2.77. The number of benzene rings is 1. The van der Waals surface area contributed by atoms with Crippen LogP contribution in [0.15, 0.2) is 18.2 Å². The molecule has 0 aliphatic carbocycles. The highest BCUT2D eigenvalue weighted by Gasteiger charge is 2.15. The lowest BCUT2D eigenvalue weighted by Gasteiger charge is -2.19. The molecule has 1 fully saturated rings. The number of hydrogen-bond acceptors (Lipinski definition) is 2. The number of ether oxygens (including phenoxy) is 1.